The van der Waals surface area contributed by atoms with Gasteiger partial charge in [-0.15, -0.1) is 11.3 Å². The van der Waals surface area contributed by atoms with E-state index >= 15 is 0 Å². The third-order valence-corrected chi connectivity index (χ3v) is 3.90. The SMILES string of the molecule is CNc1ccc(C(=O)NCCc2cccs2)cc1[N+](=O)[O-]. The van der Waals surface area contributed by atoms with Gasteiger partial charge in [0.1, 0.15) is 5.69 Å². The molecule has 2 rings (SSSR count). The summed E-state index contributed by atoms with van der Waals surface area (Å²) in [7, 11) is 1.60. The smallest absolute Gasteiger partial charge is 0.293 e. The first-order valence-electron chi connectivity index (χ1n) is 6.38. The molecule has 1 aromatic carbocycles. The Balaban J connectivity index is 2.01. The Bertz CT molecular complexity index is 641. The van der Waals surface area contributed by atoms with Gasteiger partial charge in [-0.05, 0) is 30.0 Å². The van der Waals surface area contributed by atoms with Gasteiger partial charge in [-0.1, -0.05) is 6.07 Å². The van der Waals surface area contributed by atoms with Gasteiger partial charge in [0, 0.05) is 30.1 Å². The normalized spacial score (nSPS) is 10.1. The van der Waals surface area contributed by atoms with Crippen LogP contribution in [0.15, 0.2) is 35.7 Å². The highest BCUT2D eigenvalue weighted by atomic mass is 32.1. The Labute approximate surface area is 126 Å². The molecule has 2 N–H and O–H groups in total. The molecule has 1 amide bonds. The van der Waals surface area contributed by atoms with Crippen molar-refractivity contribution >= 4 is 28.6 Å². The van der Waals surface area contributed by atoms with Crippen molar-refractivity contribution in [2.45, 2.75) is 6.42 Å². The minimum Gasteiger partial charge on any atom is -0.383 e. The monoisotopic (exact) mass is 305 g/mol. The minimum atomic E-state index is -0.506. The molecule has 0 saturated heterocycles. The second-order valence-corrected chi connectivity index (χ2v) is 5.36. The van der Waals surface area contributed by atoms with Crippen LogP contribution in [0.5, 0.6) is 0 Å². The Morgan fingerprint density at radius 2 is 2.19 bits per heavy atom. The first-order chi connectivity index (χ1) is 10.1. The summed E-state index contributed by atoms with van der Waals surface area (Å²) in [5.41, 5.74) is 0.561. The number of carbonyl (C=O) groups is 1. The quantitative estimate of drug-likeness (QED) is 0.635. The zero-order valence-electron chi connectivity index (χ0n) is 11.5. The second-order valence-electron chi connectivity index (χ2n) is 4.32. The second kappa shape index (κ2) is 6.85. The van der Waals surface area contributed by atoms with Crippen LogP contribution in [0, 0.1) is 10.1 Å². The average molecular weight is 305 g/mol. The highest BCUT2D eigenvalue weighted by molar-refractivity contribution is 7.09. The first-order valence-corrected chi connectivity index (χ1v) is 7.26. The number of nitrogens with zero attached hydrogens (tertiary/aromatic N) is 1. The van der Waals surface area contributed by atoms with E-state index in [2.05, 4.69) is 10.6 Å². The van der Waals surface area contributed by atoms with Gasteiger partial charge in [-0.2, -0.15) is 0 Å². The number of hydrogen-bond acceptors (Lipinski definition) is 5. The summed E-state index contributed by atoms with van der Waals surface area (Å²) < 4.78 is 0. The van der Waals surface area contributed by atoms with E-state index in [9.17, 15) is 14.9 Å². The van der Waals surface area contributed by atoms with Crippen LogP contribution in [0.25, 0.3) is 0 Å². The van der Waals surface area contributed by atoms with Gasteiger partial charge in [0.15, 0.2) is 0 Å². The van der Waals surface area contributed by atoms with E-state index in [1.807, 2.05) is 17.5 Å². The van der Waals surface area contributed by atoms with Crippen LogP contribution in [-0.4, -0.2) is 24.4 Å². The molecule has 0 radical (unpaired) electrons. The molecule has 0 bridgehead atoms. The molecule has 0 saturated carbocycles. The van der Waals surface area contributed by atoms with Gasteiger partial charge in [-0.3, -0.25) is 14.9 Å². The van der Waals surface area contributed by atoms with Crippen LogP contribution in [0.3, 0.4) is 0 Å². The molecule has 2 aromatic rings. The number of hydrogen-bond donors (Lipinski definition) is 2. The lowest BCUT2D eigenvalue weighted by atomic mass is 10.1. The van der Waals surface area contributed by atoms with Gasteiger partial charge in [0.05, 0.1) is 4.92 Å². The van der Waals surface area contributed by atoms with E-state index < -0.39 is 4.92 Å². The highest BCUT2D eigenvalue weighted by Gasteiger charge is 2.16. The molecule has 6 nitrogen and oxygen atoms in total. The first kappa shape index (κ1) is 15.0. The summed E-state index contributed by atoms with van der Waals surface area (Å²) >= 11 is 1.63. The summed E-state index contributed by atoms with van der Waals surface area (Å²) in [6.07, 6.45) is 0.750. The van der Waals surface area contributed by atoms with Gasteiger partial charge >= 0.3 is 0 Å². The number of nitro benzene ring substituents is 1. The lowest BCUT2D eigenvalue weighted by molar-refractivity contribution is -0.384. The van der Waals surface area contributed by atoms with Crippen molar-refractivity contribution in [2.75, 3.05) is 18.9 Å². The maximum Gasteiger partial charge on any atom is 0.293 e. The summed E-state index contributed by atoms with van der Waals surface area (Å²) in [4.78, 5) is 23.6. The number of amides is 1. The molecule has 0 aliphatic carbocycles. The fourth-order valence-corrected chi connectivity index (χ4v) is 2.60. The lowest BCUT2D eigenvalue weighted by Gasteiger charge is -2.06. The number of nitrogens with one attached hydrogen (secondary N) is 2. The molecule has 7 heteroatoms. The van der Waals surface area contributed by atoms with E-state index in [-0.39, 0.29) is 17.2 Å². The lowest BCUT2D eigenvalue weighted by Crippen LogP contribution is -2.25. The molecule has 21 heavy (non-hydrogen) atoms. The molecule has 0 atom stereocenters. The Morgan fingerprint density at radius 1 is 1.38 bits per heavy atom. The number of benzene rings is 1. The highest BCUT2D eigenvalue weighted by Crippen LogP contribution is 2.24. The zero-order chi connectivity index (χ0) is 15.2. The minimum absolute atomic E-state index is 0.108. The number of carbonyl (C=O) groups excluding carboxylic acids is 1. The van der Waals surface area contributed by atoms with Crippen LogP contribution < -0.4 is 10.6 Å². The van der Waals surface area contributed by atoms with Gasteiger partial charge in [-0.25, -0.2) is 0 Å². The van der Waals surface area contributed by atoms with Crippen molar-refractivity contribution in [3.05, 3.63) is 56.3 Å². The van der Waals surface area contributed by atoms with Crippen molar-refractivity contribution in [1.82, 2.24) is 5.32 Å². The molecular weight excluding hydrogens is 290 g/mol. The van der Waals surface area contributed by atoms with Gasteiger partial charge in [0.25, 0.3) is 11.6 Å². The summed E-state index contributed by atoms with van der Waals surface area (Å²) in [6, 6.07) is 8.35. The van der Waals surface area contributed by atoms with Crippen LogP contribution in [0.2, 0.25) is 0 Å². The number of anilines is 1. The molecule has 1 aromatic heterocycles. The van der Waals surface area contributed by atoms with E-state index in [1.54, 1.807) is 24.5 Å². The number of nitro groups is 1. The van der Waals surface area contributed by atoms with Crippen molar-refractivity contribution < 1.29 is 9.72 Å². The third kappa shape index (κ3) is 3.79. The standard InChI is InChI=1S/C14H15N3O3S/c1-15-12-5-4-10(9-13(12)17(19)20)14(18)16-7-6-11-3-2-8-21-11/h2-5,8-9,15H,6-7H2,1H3,(H,16,18). The van der Waals surface area contributed by atoms with Crippen LogP contribution >= 0.6 is 11.3 Å². The summed E-state index contributed by atoms with van der Waals surface area (Å²) in [5, 5.41) is 18.4. The Hall–Kier alpha value is -2.41. The largest absolute Gasteiger partial charge is 0.383 e. The van der Waals surface area contributed by atoms with Crippen molar-refractivity contribution in [1.29, 1.82) is 0 Å². The predicted octanol–water partition coefficient (Wildman–Crippen LogP) is 2.67. The zero-order valence-corrected chi connectivity index (χ0v) is 12.3. The van der Waals surface area contributed by atoms with Crippen LogP contribution in [-0.2, 0) is 6.42 Å². The third-order valence-electron chi connectivity index (χ3n) is 2.96. The molecule has 1 heterocycles. The average Bonchev–Trinajstić information content (AvgIpc) is 2.99. The molecule has 0 unspecified atom stereocenters. The molecule has 0 aliphatic heterocycles. The molecule has 0 spiro atoms. The topological polar surface area (TPSA) is 84.3 Å². The molecule has 0 fully saturated rings. The van der Waals surface area contributed by atoms with E-state index in [0.717, 1.165) is 6.42 Å². The summed E-state index contributed by atoms with van der Waals surface area (Å²) in [5.74, 6) is -0.308. The van der Waals surface area contributed by atoms with Crippen molar-refractivity contribution in [3.8, 4) is 0 Å². The molecule has 0 aliphatic rings. The fraction of sp³-hybridized carbons (Fsp3) is 0.214. The fourth-order valence-electron chi connectivity index (χ4n) is 1.89. The number of thiophene rings is 1. The Kier molecular flexibility index (Phi) is 4.89. The van der Waals surface area contributed by atoms with Crippen molar-refractivity contribution in [3.63, 3.8) is 0 Å². The van der Waals surface area contributed by atoms with Crippen LogP contribution in [0.1, 0.15) is 15.2 Å². The maximum absolute atomic E-state index is 12.0. The molecular formula is C14H15N3O3S. The Morgan fingerprint density at radius 3 is 2.81 bits per heavy atom. The van der Waals surface area contributed by atoms with Gasteiger partial charge in [0.2, 0.25) is 0 Å². The predicted molar refractivity (Wildman–Crippen MR) is 83.0 cm³/mol. The number of rotatable bonds is 6. The maximum atomic E-state index is 12.0. The van der Waals surface area contributed by atoms with E-state index in [0.29, 0.717) is 12.2 Å². The van der Waals surface area contributed by atoms with E-state index in [4.69, 9.17) is 0 Å². The van der Waals surface area contributed by atoms with Gasteiger partial charge < -0.3 is 10.6 Å². The van der Waals surface area contributed by atoms with E-state index in [1.165, 1.54) is 17.0 Å². The van der Waals surface area contributed by atoms with Crippen LogP contribution in [0.4, 0.5) is 11.4 Å². The summed E-state index contributed by atoms with van der Waals surface area (Å²) in [6.45, 7) is 0.501. The van der Waals surface area contributed by atoms with Crippen molar-refractivity contribution in [2.24, 2.45) is 0 Å². The molecule has 110 valence electrons.